The molecule has 0 fully saturated rings. The molecule has 2 heterocycles. The third kappa shape index (κ3) is 4.55. The van der Waals surface area contributed by atoms with Crippen molar-refractivity contribution in [3.05, 3.63) is 187 Å². The summed E-state index contributed by atoms with van der Waals surface area (Å²) in [5.74, 6) is 0. The van der Waals surface area contributed by atoms with Gasteiger partial charge < -0.3 is 13.7 Å². The van der Waals surface area contributed by atoms with Crippen molar-refractivity contribution in [1.29, 1.82) is 0 Å². The van der Waals surface area contributed by atoms with Crippen LogP contribution in [0.15, 0.2) is 185 Å². The Morgan fingerprint density at radius 3 is 1.67 bits per heavy atom. The van der Waals surface area contributed by atoms with Crippen LogP contribution in [-0.2, 0) is 5.41 Å². The third-order valence-electron chi connectivity index (χ3n) is 11.5. The molecular formula is C51H35NO2. The molecule has 1 aliphatic carbocycles. The molecule has 11 rings (SSSR count). The van der Waals surface area contributed by atoms with Crippen LogP contribution in [0.2, 0.25) is 0 Å². The number of rotatable bonds is 5. The Labute approximate surface area is 313 Å². The molecule has 0 bridgehead atoms. The summed E-state index contributed by atoms with van der Waals surface area (Å²) in [6.07, 6.45) is 0. The van der Waals surface area contributed by atoms with Crippen molar-refractivity contribution >= 4 is 60.9 Å². The molecule has 8 aromatic carbocycles. The highest BCUT2D eigenvalue weighted by Gasteiger charge is 2.36. The van der Waals surface area contributed by atoms with Gasteiger partial charge in [-0.15, -0.1) is 0 Å². The van der Waals surface area contributed by atoms with Crippen LogP contribution < -0.4 is 4.90 Å². The van der Waals surface area contributed by atoms with E-state index in [9.17, 15) is 0 Å². The Hall–Kier alpha value is -6.84. The van der Waals surface area contributed by atoms with Crippen molar-refractivity contribution in [1.82, 2.24) is 0 Å². The largest absolute Gasteiger partial charge is 0.456 e. The maximum absolute atomic E-state index is 6.67. The van der Waals surface area contributed by atoms with Crippen LogP contribution in [0.5, 0.6) is 0 Å². The maximum Gasteiger partial charge on any atom is 0.137 e. The predicted octanol–water partition coefficient (Wildman–Crippen LogP) is 14.6. The number of benzene rings is 8. The van der Waals surface area contributed by atoms with E-state index in [2.05, 4.69) is 189 Å². The lowest BCUT2D eigenvalue weighted by Crippen LogP contribution is -2.16. The van der Waals surface area contributed by atoms with Gasteiger partial charge in [0.15, 0.2) is 0 Å². The molecule has 0 saturated heterocycles. The first-order chi connectivity index (χ1) is 26.5. The lowest BCUT2D eigenvalue weighted by molar-refractivity contribution is 0.660. The molecule has 3 heteroatoms. The van der Waals surface area contributed by atoms with Crippen LogP contribution in [0.1, 0.15) is 25.0 Å². The molecule has 256 valence electrons. The maximum atomic E-state index is 6.67. The molecule has 0 saturated carbocycles. The summed E-state index contributed by atoms with van der Waals surface area (Å²) in [6, 6.07) is 62.9. The highest BCUT2D eigenvalue weighted by atomic mass is 16.3. The zero-order valence-corrected chi connectivity index (χ0v) is 30.0. The normalized spacial score (nSPS) is 13.1. The number of hydrogen-bond acceptors (Lipinski definition) is 3. The van der Waals surface area contributed by atoms with E-state index >= 15 is 0 Å². The minimum atomic E-state index is -0.196. The molecule has 0 radical (unpaired) electrons. The fourth-order valence-corrected chi connectivity index (χ4v) is 8.84. The summed E-state index contributed by atoms with van der Waals surface area (Å²) < 4.78 is 13.1. The summed E-state index contributed by atoms with van der Waals surface area (Å²) >= 11 is 0. The van der Waals surface area contributed by atoms with Crippen molar-refractivity contribution in [2.75, 3.05) is 4.90 Å². The quantitative estimate of drug-likeness (QED) is 0.180. The first-order valence-electron chi connectivity index (χ1n) is 18.6. The van der Waals surface area contributed by atoms with Crippen LogP contribution >= 0.6 is 0 Å². The second-order valence-electron chi connectivity index (χ2n) is 14.9. The van der Waals surface area contributed by atoms with E-state index < -0.39 is 0 Å². The number of furan rings is 2. The molecule has 0 amide bonds. The minimum absolute atomic E-state index is 0.196. The van der Waals surface area contributed by atoms with Gasteiger partial charge in [0, 0.05) is 21.9 Å². The lowest BCUT2D eigenvalue weighted by Gasteiger charge is -2.29. The van der Waals surface area contributed by atoms with Gasteiger partial charge >= 0.3 is 0 Å². The van der Waals surface area contributed by atoms with Crippen LogP contribution in [0, 0.1) is 0 Å². The van der Waals surface area contributed by atoms with Gasteiger partial charge in [-0.3, -0.25) is 0 Å². The fraction of sp³-hybridized carbons (Fsp3) is 0.0588. The van der Waals surface area contributed by atoms with Crippen LogP contribution in [0.4, 0.5) is 17.1 Å². The first kappa shape index (κ1) is 30.8. The average Bonchev–Trinajstić information content (AvgIpc) is 3.86. The molecule has 3 nitrogen and oxygen atoms in total. The molecule has 0 aliphatic heterocycles. The van der Waals surface area contributed by atoms with E-state index in [1.165, 1.54) is 33.4 Å². The van der Waals surface area contributed by atoms with Crippen molar-refractivity contribution < 1.29 is 8.83 Å². The Kier molecular flexibility index (Phi) is 6.60. The van der Waals surface area contributed by atoms with Crippen molar-refractivity contribution in [2.24, 2.45) is 0 Å². The van der Waals surface area contributed by atoms with Crippen molar-refractivity contribution in [3.63, 3.8) is 0 Å². The molecule has 2 aromatic heterocycles. The summed E-state index contributed by atoms with van der Waals surface area (Å²) in [5, 5.41) is 4.33. The fourth-order valence-electron chi connectivity index (χ4n) is 8.84. The standard InChI is InChI=1S/C51H35NO2/c1-51(2)41-28-24-34(32-13-5-3-6-14-32)29-40(41)37-27-25-36(31-42(37)51)52(43-18-11-21-46-49(43)38-17-9-10-20-45(38)53-46)44-19-12-22-47-50(44)39-26-23-35(30-48(39)54-47)33-15-7-4-8-16-33/h3-31H,1-2H3. The van der Waals surface area contributed by atoms with E-state index in [4.69, 9.17) is 8.83 Å². The summed E-state index contributed by atoms with van der Waals surface area (Å²) in [5.41, 5.74) is 16.4. The average molecular weight is 694 g/mol. The van der Waals surface area contributed by atoms with Gasteiger partial charge in [-0.05, 0) is 105 Å². The molecule has 0 unspecified atom stereocenters. The van der Waals surface area contributed by atoms with Gasteiger partial charge in [0.2, 0.25) is 0 Å². The molecular weight excluding hydrogens is 659 g/mol. The number of hydrogen-bond donors (Lipinski definition) is 0. The molecule has 0 atom stereocenters. The summed E-state index contributed by atoms with van der Waals surface area (Å²) in [7, 11) is 0. The highest BCUT2D eigenvalue weighted by Crippen LogP contribution is 2.53. The molecule has 10 aromatic rings. The second kappa shape index (κ2) is 11.6. The van der Waals surface area contributed by atoms with Gasteiger partial charge in [0.1, 0.15) is 22.3 Å². The SMILES string of the molecule is CC1(C)c2ccc(-c3ccccc3)cc2-c2ccc(N(c3cccc4oc5ccccc5c34)c3cccc4oc5cc(-c6ccccc6)ccc5c34)cc21. The Bertz CT molecular complexity index is 3080. The van der Waals surface area contributed by atoms with Crippen molar-refractivity contribution in [2.45, 2.75) is 19.3 Å². The van der Waals surface area contributed by atoms with E-state index in [-0.39, 0.29) is 5.41 Å². The zero-order valence-electron chi connectivity index (χ0n) is 30.0. The summed E-state index contributed by atoms with van der Waals surface area (Å²) in [4.78, 5) is 2.42. The molecule has 0 spiro atoms. The Morgan fingerprint density at radius 2 is 0.963 bits per heavy atom. The second-order valence-corrected chi connectivity index (χ2v) is 14.9. The van der Waals surface area contributed by atoms with Gasteiger partial charge in [0.05, 0.1) is 22.1 Å². The van der Waals surface area contributed by atoms with Gasteiger partial charge in [0.25, 0.3) is 0 Å². The number of para-hydroxylation sites is 1. The molecule has 1 aliphatic rings. The zero-order chi connectivity index (χ0) is 36.0. The minimum Gasteiger partial charge on any atom is -0.456 e. The third-order valence-corrected chi connectivity index (χ3v) is 11.5. The lowest BCUT2D eigenvalue weighted by atomic mass is 9.82. The summed E-state index contributed by atoms with van der Waals surface area (Å²) in [6.45, 7) is 4.71. The van der Waals surface area contributed by atoms with Gasteiger partial charge in [-0.1, -0.05) is 129 Å². The highest BCUT2D eigenvalue weighted by molar-refractivity contribution is 6.18. The first-order valence-corrected chi connectivity index (χ1v) is 18.6. The molecule has 0 N–H and O–H groups in total. The topological polar surface area (TPSA) is 29.5 Å². The number of fused-ring (bicyclic) bond motifs is 9. The number of anilines is 3. The van der Waals surface area contributed by atoms with Crippen molar-refractivity contribution in [3.8, 4) is 33.4 Å². The predicted molar refractivity (Wildman–Crippen MR) is 224 cm³/mol. The van der Waals surface area contributed by atoms with E-state index in [0.29, 0.717) is 0 Å². The van der Waals surface area contributed by atoms with Gasteiger partial charge in [-0.25, -0.2) is 0 Å². The van der Waals surface area contributed by atoms with E-state index in [1.807, 2.05) is 6.07 Å². The monoisotopic (exact) mass is 693 g/mol. The van der Waals surface area contributed by atoms with Gasteiger partial charge in [-0.2, -0.15) is 0 Å². The van der Waals surface area contributed by atoms with Crippen LogP contribution in [0.3, 0.4) is 0 Å². The Morgan fingerprint density at radius 1 is 0.389 bits per heavy atom. The van der Waals surface area contributed by atoms with Crippen LogP contribution in [0.25, 0.3) is 77.3 Å². The van der Waals surface area contributed by atoms with E-state index in [1.54, 1.807) is 0 Å². The molecule has 54 heavy (non-hydrogen) atoms. The Balaban J connectivity index is 1.16. The van der Waals surface area contributed by atoms with Crippen LogP contribution in [-0.4, -0.2) is 0 Å². The van der Waals surface area contributed by atoms with E-state index in [0.717, 1.165) is 72.1 Å². The smallest absolute Gasteiger partial charge is 0.137 e. The number of nitrogens with zero attached hydrogens (tertiary/aromatic N) is 1.